The minimum absolute atomic E-state index is 0.0543. The van der Waals surface area contributed by atoms with Crippen LogP contribution in [0.5, 0.6) is 0 Å². The van der Waals surface area contributed by atoms with E-state index in [2.05, 4.69) is 25.3 Å². The fourth-order valence-electron chi connectivity index (χ4n) is 4.86. The van der Waals surface area contributed by atoms with E-state index in [1.807, 2.05) is 20.8 Å². The van der Waals surface area contributed by atoms with Gasteiger partial charge in [0.1, 0.15) is 11.4 Å². The molecule has 0 aliphatic heterocycles. The molecule has 0 bridgehead atoms. The molecule has 1 fully saturated rings. The maximum atomic E-state index is 15.2. The summed E-state index contributed by atoms with van der Waals surface area (Å²) in [6.45, 7) is 5.52. The molecule has 10 nitrogen and oxygen atoms in total. The van der Waals surface area contributed by atoms with Crippen LogP contribution in [0, 0.1) is 5.82 Å². The van der Waals surface area contributed by atoms with Crippen LogP contribution in [0.1, 0.15) is 46.5 Å². The van der Waals surface area contributed by atoms with E-state index in [4.69, 9.17) is 9.72 Å². The number of amides is 1. The minimum Gasteiger partial charge on any atom is -0.444 e. The highest BCUT2D eigenvalue weighted by Crippen LogP contribution is 2.37. The number of pyridine rings is 1. The predicted molar refractivity (Wildman–Crippen MR) is 172 cm³/mol. The van der Waals surface area contributed by atoms with Gasteiger partial charge in [-0.25, -0.2) is 27.6 Å². The van der Waals surface area contributed by atoms with Gasteiger partial charge in [-0.1, -0.05) is 30.0 Å². The topological polar surface area (TPSA) is 135 Å². The van der Waals surface area contributed by atoms with Gasteiger partial charge in [0.2, 0.25) is 5.95 Å². The number of hydrogen-bond donors (Lipinski definition) is 3. The lowest BCUT2D eigenvalue weighted by atomic mass is 9.91. The van der Waals surface area contributed by atoms with Crippen LogP contribution in [-0.2, 0) is 14.8 Å². The number of aromatic nitrogens is 3. The van der Waals surface area contributed by atoms with E-state index >= 15 is 4.39 Å². The van der Waals surface area contributed by atoms with Crippen LogP contribution in [0.3, 0.4) is 0 Å². The minimum atomic E-state index is -3.85. The van der Waals surface area contributed by atoms with E-state index in [0.717, 1.165) is 36.6 Å². The Bertz CT molecular complexity index is 1740. The Morgan fingerprint density at radius 2 is 1.69 bits per heavy atom. The molecular weight excluding hydrogens is 616 g/mol. The van der Waals surface area contributed by atoms with Gasteiger partial charge in [-0.05, 0) is 88.9 Å². The van der Waals surface area contributed by atoms with Gasteiger partial charge in [-0.2, -0.15) is 0 Å². The SMILES string of the molecule is CC(C)(C)OC(=O)NC1CCC(Nc2nccc(-c3cnccc3Sc3ccc(NS(=O)(=O)c4ccccc4)cc3F)n2)CC1. The van der Waals surface area contributed by atoms with Gasteiger partial charge in [-0.3, -0.25) is 9.71 Å². The Labute approximate surface area is 266 Å². The van der Waals surface area contributed by atoms with Crippen molar-refractivity contribution in [1.82, 2.24) is 20.3 Å². The predicted octanol–water partition coefficient (Wildman–Crippen LogP) is 6.88. The lowest BCUT2D eigenvalue weighted by Gasteiger charge is -2.30. The Kier molecular flexibility index (Phi) is 9.88. The van der Waals surface area contributed by atoms with Gasteiger partial charge in [0.25, 0.3) is 10.0 Å². The number of alkyl carbamates (subject to hydrolysis) is 1. The van der Waals surface area contributed by atoms with Gasteiger partial charge < -0.3 is 15.4 Å². The molecule has 1 amide bonds. The lowest BCUT2D eigenvalue weighted by Crippen LogP contribution is -2.42. The first-order valence-electron chi connectivity index (χ1n) is 14.5. The van der Waals surface area contributed by atoms with E-state index in [1.54, 1.807) is 48.9 Å². The van der Waals surface area contributed by atoms with Gasteiger partial charge in [-0.15, -0.1) is 0 Å². The molecule has 0 atom stereocenters. The number of hydrogen-bond acceptors (Lipinski definition) is 9. The second-order valence-electron chi connectivity index (χ2n) is 11.6. The summed E-state index contributed by atoms with van der Waals surface area (Å²) in [4.78, 5) is 26.6. The summed E-state index contributed by atoms with van der Waals surface area (Å²) in [5, 5.41) is 6.36. The number of halogens is 1. The highest BCUT2D eigenvalue weighted by molar-refractivity contribution is 7.99. The molecule has 1 aliphatic rings. The number of carbonyl (C=O) groups is 1. The number of benzene rings is 2. The first-order valence-corrected chi connectivity index (χ1v) is 16.8. The number of ether oxygens (including phenoxy) is 1. The molecule has 0 radical (unpaired) electrons. The van der Waals surface area contributed by atoms with Gasteiger partial charge in [0.05, 0.1) is 16.3 Å². The summed E-state index contributed by atoms with van der Waals surface area (Å²) < 4.78 is 48.3. The zero-order valence-electron chi connectivity index (χ0n) is 25.2. The van der Waals surface area contributed by atoms with Crippen LogP contribution in [-0.4, -0.2) is 47.1 Å². The van der Waals surface area contributed by atoms with Crippen LogP contribution in [0.15, 0.2) is 93.9 Å². The van der Waals surface area contributed by atoms with E-state index in [9.17, 15) is 13.2 Å². The quantitative estimate of drug-likeness (QED) is 0.177. The van der Waals surface area contributed by atoms with Crippen molar-refractivity contribution in [2.75, 3.05) is 10.0 Å². The zero-order chi connectivity index (χ0) is 32.0. The number of nitrogens with one attached hydrogen (secondary N) is 3. The molecule has 236 valence electrons. The number of nitrogens with zero attached hydrogens (tertiary/aromatic N) is 3. The molecule has 0 saturated heterocycles. The lowest BCUT2D eigenvalue weighted by molar-refractivity contribution is 0.0492. The normalized spacial score (nSPS) is 16.9. The van der Waals surface area contributed by atoms with Gasteiger partial charge >= 0.3 is 6.09 Å². The van der Waals surface area contributed by atoms with Crippen LogP contribution in [0.2, 0.25) is 0 Å². The molecule has 2 heterocycles. The van der Waals surface area contributed by atoms with Crippen molar-refractivity contribution >= 4 is 39.5 Å². The Morgan fingerprint density at radius 1 is 0.956 bits per heavy atom. The average Bonchev–Trinajstić information content (AvgIpc) is 2.99. The maximum Gasteiger partial charge on any atom is 0.407 e. The monoisotopic (exact) mass is 650 g/mol. The average molecular weight is 651 g/mol. The van der Waals surface area contributed by atoms with E-state index in [1.165, 1.54) is 36.0 Å². The molecule has 13 heteroatoms. The molecule has 3 N–H and O–H groups in total. The second kappa shape index (κ2) is 13.8. The van der Waals surface area contributed by atoms with Crippen LogP contribution < -0.4 is 15.4 Å². The molecule has 2 aromatic carbocycles. The molecule has 0 unspecified atom stereocenters. The number of sulfonamides is 1. The third-order valence-electron chi connectivity index (χ3n) is 6.95. The molecule has 0 spiro atoms. The molecule has 4 aromatic rings. The van der Waals surface area contributed by atoms with Crippen molar-refractivity contribution in [1.29, 1.82) is 0 Å². The first kappa shape index (κ1) is 32.2. The number of carbonyl (C=O) groups excluding carboxylic acids is 1. The molecule has 45 heavy (non-hydrogen) atoms. The van der Waals surface area contributed by atoms with Gasteiger partial charge in [0.15, 0.2) is 0 Å². The smallest absolute Gasteiger partial charge is 0.407 e. The largest absolute Gasteiger partial charge is 0.444 e. The van der Waals surface area contributed by atoms with E-state index in [0.29, 0.717) is 22.1 Å². The summed E-state index contributed by atoms with van der Waals surface area (Å²) >= 11 is 1.19. The van der Waals surface area contributed by atoms with Crippen molar-refractivity contribution in [2.24, 2.45) is 0 Å². The van der Waals surface area contributed by atoms with Crippen molar-refractivity contribution in [3.63, 3.8) is 0 Å². The summed E-state index contributed by atoms with van der Waals surface area (Å²) in [6.07, 6.45) is 7.82. The Hall–Kier alpha value is -4.23. The van der Waals surface area contributed by atoms with Crippen molar-refractivity contribution in [2.45, 2.75) is 78.8 Å². The summed E-state index contributed by atoms with van der Waals surface area (Å²) in [5.74, 6) is -0.102. The van der Waals surface area contributed by atoms with Crippen LogP contribution in [0.4, 0.5) is 20.8 Å². The first-order chi connectivity index (χ1) is 21.4. The maximum absolute atomic E-state index is 15.2. The standard InChI is InChI=1S/C32H35FN6O4S2/c1-32(2,3)43-31(40)37-22-11-9-21(10-12-22)36-30-35-18-15-27(38-30)25-20-34-17-16-28(25)44-29-14-13-23(19-26(29)33)39-45(41,42)24-7-5-4-6-8-24/h4-8,13-22,39H,9-12H2,1-3H3,(H,37,40)(H,35,36,38). The van der Waals surface area contributed by atoms with E-state index in [-0.39, 0.29) is 22.7 Å². The fourth-order valence-corrected chi connectivity index (χ4v) is 6.86. The fraction of sp³-hybridized carbons (Fsp3) is 0.312. The highest BCUT2D eigenvalue weighted by atomic mass is 32.2. The molecule has 1 saturated carbocycles. The second-order valence-corrected chi connectivity index (χ2v) is 14.4. The number of rotatable bonds is 9. The third kappa shape index (κ3) is 8.92. The third-order valence-corrected chi connectivity index (χ3v) is 9.48. The summed E-state index contributed by atoms with van der Waals surface area (Å²) in [6, 6.07) is 15.9. The molecule has 5 rings (SSSR count). The molecular formula is C32H35FN6O4S2. The van der Waals surface area contributed by atoms with Gasteiger partial charge in [0, 0.05) is 46.0 Å². The Balaban J connectivity index is 1.23. The van der Waals surface area contributed by atoms with E-state index < -0.39 is 27.5 Å². The van der Waals surface area contributed by atoms with Crippen LogP contribution in [0.25, 0.3) is 11.3 Å². The number of anilines is 2. The summed E-state index contributed by atoms with van der Waals surface area (Å²) in [5.41, 5.74) is 0.904. The van der Waals surface area contributed by atoms with Crippen molar-refractivity contribution in [3.8, 4) is 11.3 Å². The Morgan fingerprint density at radius 3 is 2.40 bits per heavy atom. The highest BCUT2D eigenvalue weighted by Gasteiger charge is 2.25. The molecule has 1 aliphatic carbocycles. The zero-order valence-corrected chi connectivity index (χ0v) is 26.8. The van der Waals surface area contributed by atoms with Crippen molar-refractivity contribution < 1.29 is 22.3 Å². The van der Waals surface area contributed by atoms with Crippen molar-refractivity contribution in [3.05, 3.63) is 85.1 Å². The molecule has 2 aromatic heterocycles. The van der Waals surface area contributed by atoms with Crippen LogP contribution >= 0.6 is 11.8 Å². The summed E-state index contributed by atoms with van der Waals surface area (Å²) in [7, 11) is -3.85.